The Hall–Kier alpha value is -2.90. The number of H-pyrrole nitrogens is 1. The topological polar surface area (TPSA) is 83.6 Å². The first-order chi connectivity index (χ1) is 13.6. The molecule has 2 aromatic carbocycles. The summed E-state index contributed by atoms with van der Waals surface area (Å²) in [4.78, 5) is 28.9. The van der Waals surface area contributed by atoms with Gasteiger partial charge in [0.15, 0.2) is 5.65 Å². The maximum Gasteiger partial charge on any atom is 0.242 e. The van der Waals surface area contributed by atoms with Crippen molar-refractivity contribution in [3.05, 3.63) is 77.3 Å². The molecule has 2 aromatic heterocycles. The number of nitrogens with zero attached hydrogens (tertiary/aromatic N) is 3. The normalized spacial score (nSPS) is 12.1. The third-order valence-corrected chi connectivity index (χ3v) is 5.95. The fraction of sp³-hybridized carbons (Fsp3) is 0.100. The summed E-state index contributed by atoms with van der Waals surface area (Å²) < 4.78 is 0. The third-order valence-electron chi connectivity index (χ3n) is 4.28. The van der Waals surface area contributed by atoms with Gasteiger partial charge in [-0.1, -0.05) is 59.8 Å². The molecule has 0 aliphatic heterocycles. The molecule has 0 bridgehead atoms. The van der Waals surface area contributed by atoms with Gasteiger partial charge in [0.1, 0.15) is 22.1 Å². The number of carbonyl (C=O) groups excluding carboxylic acids is 1. The van der Waals surface area contributed by atoms with Crippen molar-refractivity contribution >= 4 is 46.1 Å². The number of hydrogen-bond donors (Lipinski definition) is 2. The number of thioether (sulfide) groups is 1. The number of fused-ring (bicyclic) bond motifs is 1. The molecule has 0 spiro atoms. The Labute approximate surface area is 170 Å². The summed E-state index contributed by atoms with van der Waals surface area (Å²) >= 11 is 7.54. The highest BCUT2D eigenvalue weighted by Gasteiger charge is 2.25. The van der Waals surface area contributed by atoms with Gasteiger partial charge in [-0.05, 0) is 30.2 Å². The quantitative estimate of drug-likeness (QED) is 0.366. The van der Waals surface area contributed by atoms with Crippen LogP contribution in [-0.4, -0.2) is 25.8 Å². The summed E-state index contributed by atoms with van der Waals surface area (Å²) in [6.07, 6.45) is 3.02. The zero-order valence-corrected chi connectivity index (χ0v) is 16.5. The van der Waals surface area contributed by atoms with Gasteiger partial charge in [0.05, 0.1) is 6.33 Å². The van der Waals surface area contributed by atoms with Crippen LogP contribution in [0.15, 0.2) is 66.2 Å². The van der Waals surface area contributed by atoms with Crippen molar-refractivity contribution in [2.75, 3.05) is 5.32 Å². The zero-order valence-electron chi connectivity index (χ0n) is 14.9. The van der Waals surface area contributed by atoms with Gasteiger partial charge in [-0.25, -0.2) is 15.0 Å². The second-order valence-electron chi connectivity index (χ2n) is 6.09. The highest BCUT2D eigenvalue weighted by Crippen LogP contribution is 2.37. The summed E-state index contributed by atoms with van der Waals surface area (Å²) in [7, 11) is 0. The molecule has 4 rings (SSSR count). The van der Waals surface area contributed by atoms with Crippen molar-refractivity contribution in [3.63, 3.8) is 0 Å². The molecule has 0 saturated heterocycles. The fourth-order valence-electron chi connectivity index (χ4n) is 2.79. The van der Waals surface area contributed by atoms with Crippen molar-refractivity contribution in [2.45, 2.75) is 17.2 Å². The predicted octanol–water partition coefficient (Wildman–Crippen LogP) is 4.79. The minimum Gasteiger partial charge on any atom is -0.341 e. The molecule has 6 nitrogen and oxygen atoms in total. The number of aromatic nitrogens is 4. The van der Waals surface area contributed by atoms with E-state index in [2.05, 4.69) is 25.3 Å². The fourth-order valence-corrected chi connectivity index (χ4v) is 4.02. The summed E-state index contributed by atoms with van der Waals surface area (Å²) in [6.45, 7) is 1.88. The number of carbonyl (C=O) groups is 1. The van der Waals surface area contributed by atoms with Crippen molar-refractivity contribution in [2.24, 2.45) is 0 Å². The lowest BCUT2D eigenvalue weighted by molar-refractivity contribution is -0.115. The van der Waals surface area contributed by atoms with Crippen LogP contribution in [0, 0.1) is 6.92 Å². The van der Waals surface area contributed by atoms with Crippen LogP contribution in [0.25, 0.3) is 11.2 Å². The minimum atomic E-state index is -0.513. The average Bonchev–Trinajstić information content (AvgIpc) is 3.20. The monoisotopic (exact) mass is 409 g/mol. The second kappa shape index (κ2) is 8.00. The average molecular weight is 410 g/mol. The molecule has 0 aliphatic rings. The smallest absolute Gasteiger partial charge is 0.242 e. The number of hydrogen-bond acceptors (Lipinski definition) is 5. The van der Waals surface area contributed by atoms with Crippen LogP contribution in [0.1, 0.15) is 16.4 Å². The molecule has 2 N–H and O–H groups in total. The first kappa shape index (κ1) is 18.5. The van der Waals surface area contributed by atoms with E-state index in [-0.39, 0.29) is 5.91 Å². The zero-order chi connectivity index (χ0) is 19.5. The van der Waals surface area contributed by atoms with E-state index in [0.717, 1.165) is 11.1 Å². The Balaban J connectivity index is 1.69. The van der Waals surface area contributed by atoms with Crippen LogP contribution in [-0.2, 0) is 4.79 Å². The number of amides is 1. The first-order valence-electron chi connectivity index (χ1n) is 8.55. The van der Waals surface area contributed by atoms with Gasteiger partial charge >= 0.3 is 0 Å². The molecular weight excluding hydrogens is 394 g/mol. The van der Waals surface area contributed by atoms with Crippen molar-refractivity contribution < 1.29 is 4.79 Å². The lowest BCUT2D eigenvalue weighted by atomic mass is 10.1. The lowest BCUT2D eigenvalue weighted by Gasteiger charge is -2.18. The molecule has 2 heterocycles. The van der Waals surface area contributed by atoms with Crippen LogP contribution in [0.5, 0.6) is 0 Å². The number of aromatic amines is 1. The molecule has 0 unspecified atom stereocenters. The molecule has 0 radical (unpaired) electrons. The van der Waals surface area contributed by atoms with Gasteiger partial charge in [0.25, 0.3) is 0 Å². The third kappa shape index (κ3) is 3.72. The summed E-state index contributed by atoms with van der Waals surface area (Å²) in [5.41, 5.74) is 3.66. The number of benzene rings is 2. The van der Waals surface area contributed by atoms with E-state index < -0.39 is 5.25 Å². The molecule has 1 atom stereocenters. The van der Waals surface area contributed by atoms with Gasteiger partial charge in [0.2, 0.25) is 5.91 Å². The molecule has 4 aromatic rings. The van der Waals surface area contributed by atoms with Gasteiger partial charge in [-0.2, -0.15) is 0 Å². The summed E-state index contributed by atoms with van der Waals surface area (Å²) in [6, 6.07) is 15.0. The van der Waals surface area contributed by atoms with E-state index in [1.807, 2.05) is 49.4 Å². The van der Waals surface area contributed by atoms with Gasteiger partial charge in [0, 0.05) is 10.7 Å². The molecule has 28 heavy (non-hydrogen) atoms. The number of nitrogens with one attached hydrogen (secondary N) is 2. The molecule has 0 saturated carbocycles. The summed E-state index contributed by atoms with van der Waals surface area (Å²) in [5, 5.41) is 3.75. The molecule has 8 heteroatoms. The maximum atomic E-state index is 13.2. The van der Waals surface area contributed by atoms with Crippen molar-refractivity contribution in [1.82, 2.24) is 19.9 Å². The number of anilines is 1. The minimum absolute atomic E-state index is 0.159. The summed E-state index contributed by atoms with van der Waals surface area (Å²) in [5.74, 6) is -0.159. The Bertz CT molecular complexity index is 1130. The van der Waals surface area contributed by atoms with E-state index in [0.29, 0.717) is 26.9 Å². The van der Waals surface area contributed by atoms with E-state index >= 15 is 0 Å². The van der Waals surface area contributed by atoms with Crippen LogP contribution in [0.2, 0.25) is 5.02 Å². The highest BCUT2D eigenvalue weighted by atomic mass is 35.5. The molecule has 0 aliphatic carbocycles. The van der Waals surface area contributed by atoms with E-state index in [9.17, 15) is 4.79 Å². The Kier molecular flexibility index (Phi) is 5.27. The van der Waals surface area contributed by atoms with E-state index in [1.54, 1.807) is 12.4 Å². The van der Waals surface area contributed by atoms with E-state index in [4.69, 9.17) is 11.6 Å². The lowest BCUT2D eigenvalue weighted by Crippen LogP contribution is -2.19. The molecule has 1 amide bonds. The predicted molar refractivity (Wildman–Crippen MR) is 112 cm³/mol. The second-order valence-corrected chi connectivity index (χ2v) is 7.59. The van der Waals surface area contributed by atoms with Crippen LogP contribution in [0.4, 0.5) is 5.69 Å². The Morgan fingerprint density at radius 3 is 2.75 bits per heavy atom. The SMILES string of the molecule is Cc1c(Cl)cccc1NC(=O)[C@H](Sc1ncnc2nc[nH]c12)c1ccccc1. The largest absolute Gasteiger partial charge is 0.341 e. The van der Waals surface area contributed by atoms with Crippen molar-refractivity contribution in [1.29, 1.82) is 0 Å². The maximum absolute atomic E-state index is 13.2. The van der Waals surface area contributed by atoms with Crippen molar-refractivity contribution in [3.8, 4) is 0 Å². The number of halogens is 1. The molecule has 140 valence electrons. The Morgan fingerprint density at radius 1 is 1.11 bits per heavy atom. The van der Waals surface area contributed by atoms with E-state index in [1.165, 1.54) is 18.1 Å². The van der Waals surface area contributed by atoms with Crippen LogP contribution in [0.3, 0.4) is 0 Å². The number of imidazole rings is 1. The molecule has 0 fully saturated rings. The van der Waals surface area contributed by atoms with Crippen LogP contribution >= 0.6 is 23.4 Å². The first-order valence-corrected chi connectivity index (χ1v) is 9.81. The highest BCUT2D eigenvalue weighted by molar-refractivity contribution is 8.00. The van der Waals surface area contributed by atoms with Crippen LogP contribution < -0.4 is 5.32 Å². The van der Waals surface area contributed by atoms with Gasteiger partial charge in [-0.3, -0.25) is 4.79 Å². The standard InChI is InChI=1S/C20H16ClN5OS/c1-12-14(21)8-5-9-15(12)26-19(27)17(13-6-3-2-4-7-13)28-20-16-18(23-10-22-16)24-11-25-20/h2-11,17H,1H3,(H,26,27)(H,22,23,24,25)/t17-/m1/s1. The molecular formula is C20H16ClN5OS. The number of rotatable bonds is 5. The van der Waals surface area contributed by atoms with Gasteiger partial charge < -0.3 is 10.3 Å². The van der Waals surface area contributed by atoms with Gasteiger partial charge in [-0.15, -0.1) is 0 Å². The Morgan fingerprint density at radius 2 is 1.93 bits per heavy atom.